The van der Waals surface area contributed by atoms with Crippen molar-refractivity contribution in [1.82, 2.24) is 9.88 Å². The van der Waals surface area contributed by atoms with E-state index in [0.29, 0.717) is 11.4 Å². The average Bonchev–Trinajstić information content (AvgIpc) is 2.76. The smallest absolute Gasteiger partial charge is 0.270 e. The number of hydrogen-bond donors (Lipinski definition) is 2. The van der Waals surface area contributed by atoms with E-state index in [0.717, 1.165) is 31.8 Å². The van der Waals surface area contributed by atoms with Gasteiger partial charge in [0.25, 0.3) is 5.91 Å². The van der Waals surface area contributed by atoms with Crippen molar-refractivity contribution in [1.29, 1.82) is 0 Å². The summed E-state index contributed by atoms with van der Waals surface area (Å²) >= 11 is 0. The molecule has 2 heterocycles. The summed E-state index contributed by atoms with van der Waals surface area (Å²) in [6.07, 6.45) is 6.46. The van der Waals surface area contributed by atoms with Crippen LogP contribution in [0, 0.1) is 5.92 Å². The summed E-state index contributed by atoms with van der Waals surface area (Å²) in [4.78, 5) is 17.0. The van der Waals surface area contributed by atoms with Gasteiger partial charge in [0.2, 0.25) is 0 Å². The predicted molar refractivity (Wildman–Crippen MR) is 68.7 cm³/mol. The molecule has 1 fully saturated rings. The molecule has 4 nitrogen and oxygen atoms in total. The Morgan fingerprint density at radius 3 is 2.76 bits per heavy atom. The van der Waals surface area contributed by atoms with Gasteiger partial charge < -0.3 is 15.6 Å². The molecular formula is C13H21N3O. The van der Waals surface area contributed by atoms with E-state index < -0.39 is 0 Å². The second kappa shape index (κ2) is 5.25. The third-order valence-electron chi connectivity index (χ3n) is 3.53. The first-order valence-corrected chi connectivity index (χ1v) is 6.44. The summed E-state index contributed by atoms with van der Waals surface area (Å²) in [5.74, 6) is 0.884. The Kier molecular flexibility index (Phi) is 3.71. The molecule has 0 atom stereocenters. The number of H-pyrrole nitrogens is 1. The Labute approximate surface area is 102 Å². The molecule has 1 aliphatic rings. The van der Waals surface area contributed by atoms with E-state index in [2.05, 4.69) is 11.9 Å². The molecule has 17 heavy (non-hydrogen) atoms. The van der Waals surface area contributed by atoms with E-state index in [9.17, 15) is 4.79 Å². The Hall–Kier alpha value is -1.45. The molecule has 0 saturated carbocycles. The maximum atomic E-state index is 12.1. The van der Waals surface area contributed by atoms with E-state index in [1.54, 1.807) is 12.3 Å². The first-order chi connectivity index (χ1) is 8.20. The van der Waals surface area contributed by atoms with Crippen LogP contribution in [-0.4, -0.2) is 28.9 Å². The minimum atomic E-state index is 0.0802. The van der Waals surface area contributed by atoms with Gasteiger partial charge in [-0.2, -0.15) is 0 Å². The van der Waals surface area contributed by atoms with Crippen LogP contribution in [0.1, 0.15) is 43.1 Å². The molecule has 0 unspecified atom stereocenters. The van der Waals surface area contributed by atoms with Crippen molar-refractivity contribution in [2.75, 3.05) is 18.8 Å². The minimum Gasteiger partial charge on any atom is -0.397 e. The van der Waals surface area contributed by atoms with Crippen molar-refractivity contribution in [2.24, 2.45) is 5.92 Å². The molecule has 2 rings (SSSR count). The number of rotatable bonds is 3. The lowest BCUT2D eigenvalue weighted by molar-refractivity contribution is 0.0681. The number of nitrogen functional groups attached to an aromatic ring is 1. The Morgan fingerprint density at radius 2 is 2.24 bits per heavy atom. The van der Waals surface area contributed by atoms with Crippen molar-refractivity contribution in [3.63, 3.8) is 0 Å². The van der Waals surface area contributed by atoms with Gasteiger partial charge in [0.1, 0.15) is 5.69 Å². The molecule has 0 bridgehead atoms. The summed E-state index contributed by atoms with van der Waals surface area (Å²) < 4.78 is 0. The first kappa shape index (κ1) is 12.0. The van der Waals surface area contributed by atoms with Gasteiger partial charge in [0, 0.05) is 25.0 Å². The molecule has 4 heteroatoms. The number of piperidine rings is 1. The molecule has 1 aliphatic heterocycles. The lowest BCUT2D eigenvalue weighted by atomic mass is 9.92. The zero-order chi connectivity index (χ0) is 12.3. The molecule has 3 N–H and O–H groups in total. The number of aromatic nitrogens is 1. The summed E-state index contributed by atoms with van der Waals surface area (Å²) in [7, 11) is 0. The zero-order valence-electron chi connectivity index (χ0n) is 10.4. The van der Waals surface area contributed by atoms with E-state index in [4.69, 9.17) is 5.73 Å². The third-order valence-corrected chi connectivity index (χ3v) is 3.53. The van der Waals surface area contributed by atoms with Crippen LogP contribution in [0.3, 0.4) is 0 Å². The Morgan fingerprint density at radius 1 is 1.53 bits per heavy atom. The van der Waals surface area contributed by atoms with Crippen LogP contribution in [0.2, 0.25) is 0 Å². The molecule has 0 aromatic carbocycles. The van der Waals surface area contributed by atoms with Crippen LogP contribution >= 0.6 is 0 Å². The van der Waals surface area contributed by atoms with Gasteiger partial charge in [-0.15, -0.1) is 0 Å². The fraction of sp³-hybridized carbons (Fsp3) is 0.615. The van der Waals surface area contributed by atoms with Gasteiger partial charge in [-0.25, -0.2) is 0 Å². The number of carbonyl (C=O) groups is 1. The standard InChI is InChI=1S/C13H21N3O/c1-2-3-10-4-6-16(7-5-10)13(17)12-8-11(14)9-15-12/h8-10,15H,2-7,14H2,1H3. The number of likely N-dealkylation sites (tertiary alicyclic amines) is 1. The number of nitrogens with one attached hydrogen (secondary N) is 1. The summed E-state index contributed by atoms with van der Waals surface area (Å²) in [5, 5.41) is 0. The molecular weight excluding hydrogens is 214 g/mol. The van der Waals surface area contributed by atoms with Crippen molar-refractivity contribution in [3.05, 3.63) is 18.0 Å². The third kappa shape index (κ3) is 2.81. The van der Waals surface area contributed by atoms with E-state index >= 15 is 0 Å². The topological polar surface area (TPSA) is 62.1 Å². The van der Waals surface area contributed by atoms with Gasteiger partial charge in [-0.05, 0) is 24.8 Å². The van der Waals surface area contributed by atoms with Crippen molar-refractivity contribution >= 4 is 11.6 Å². The normalized spacial score (nSPS) is 17.4. The van der Waals surface area contributed by atoms with Gasteiger partial charge in [-0.3, -0.25) is 4.79 Å². The van der Waals surface area contributed by atoms with Crippen LogP contribution < -0.4 is 5.73 Å². The summed E-state index contributed by atoms with van der Waals surface area (Å²) in [6.45, 7) is 3.98. The second-order valence-electron chi connectivity index (χ2n) is 4.87. The fourth-order valence-corrected chi connectivity index (χ4v) is 2.54. The lowest BCUT2D eigenvalue weighted by Gasteiger charge is -2.31. The van der Waals surface area contributed by atoms with Gasteiger partial charge in [-0.1, -0.05) is 19.8 Å². The number of carbonyl (C=O) groups excluding carboxylic acids is 1. The molecule has 1 aromatic rings. The molecule has 0 aliphatic carbocycles. The number of aromatic amines is 1. The predicted octanol–water partition coefficient (Wildman–Crippen LogP) is 2.25. The van der Waals surface area contributed by atoms with Crippen molar-refractivity contribution in [2.45, 2.75) is 32.6 Å². The maximum absolute atomic E-state index is 12.1. The lowest BCUT2D eigenvalue weighted by Crippen LogP contribution is -2.38. The fourth-order valence-electron chi connectivity index (χ4n) is 2.54. The largest absolute Gasteiger partial charge is 0.397 e. The number of nitrogens with two attached hydrogens (primary N) is 1. The van der Waals surface area contributed by atoms with Crippen LogP contribution in [-0.2, 0) is 0 Å². The number of nitrogens with zero attached hydrogens (tertiary/aromatic N) is 1. The Bertz CT molecular complexity index is 378. The van der Waals surface area contributed by atoms with Gasteiger partial charge >= 0.3 is 0 Å². The number of amides is 1. The molecule has 0 radical (unpaired) electrons. The monoisotopic (exact) mass is 235 g/mol. The van der Waals surface area contributed by atoms with Gasteiger partial charge in [0.15, 0.2) is 0 Å². The van der Waals surface area contributed by atoms with E-state index in [-0.39, 0.29) is 5.91 Å². The zero-order valence-corrected chi connectivity index (χ0v) is 10.4. The summed E-state index contributed by atoms with van der Waals surface area (Å²) in [5.41, 5.74) is 6.83. The van der Waals surface area contributed by atoms with Crippen molar-refractivity contribution < 1.29 is 4.79 Å². The highest BCUT2D eigenvalue weighted by atomic mass is 16.2. The highest BCUT2D eigenvalue weighted by Crippen LogP contribution is 2.22. The quantitative estimate of drug-likeness (QED) is 0.844. The van der Waals surface area contributed by atoms with Crippen LogP contribution in [0.15, 0.2) is 12.3 Å². The minimum absolute atomic E-state index is 0.0802. The highest BCUT2D eigenvalue weighted by Gasteiger charge is 2.23. The molecule has 94 valence electrons. The summed E-state index contributed by atoms with van der Waals surface area (Å²) in [6, 6.07) is 1.71. The highest BCUT2D eigenvalue weighted by molar-refractivity contribution is 5.93. The van der Waals surface area contributed by atoms with E-state index in [1.165, 1.54) is 12.8 Å². The Balaban J connectivity index is 1.90. The SMILES string of the molecule is CCCC1CCN(C(=O)c2cc(N)c[nH]2)CC1. The molecule has 0 spiro atoms. The maximum Gasteiger partial charge on any atom is 0.270 e. The van der Waals surface area contributed by atoms with Crippen LogP contribution in [0.5, 0.6) is 0 Å². The second-order valence-corrected chi connectivity index (χ2v) is 4.87. The molecule has 1 aromatic heterocycles. The average molecular weight is 235 g/mol. The van der Waals surface area contributed by atoms with Crippen LogP contribution in [0.25, 0.3) is 0 Å². The number of hydrogen-bond acceptors (Lipinski definition) is 2. The first-order valence-electron chi connectivity index (χ1n) is 6.44. The van der Waals surface area contributed by atoms with Crippen LogP contribution in [0.4, 0.5) is 5.69 Å². The van der Waals surface area contributed by atoms with Gasteiger partial charge in [0.05, 0.1) is 0 Å². The van der Waals surface area contributed by atoms with E-state index in [1.807, 2.05) is 4.90 Å². The number of anilines is 1. The molecule has 1 saturated heterocycles. The molecule has 1 amide bonds. The van der Waals surface area contributed by atoms with Crippen molar-refractivity contribution in [3.8, 4) is 0 Å².